The summed E-state index contributed by atoms with van der Waals surface area (Å²) in [6.45, 7) is 5.92. The van der Waals surface area contributed by atoms with E-state index in [4.69, 9.17) is 0 Å². The maximum absolute atomic E-state index is 13.6. The minimum absolute atomic E-state index is 0.0463. The first-order valence-electron chi connectivity index (χ1n) is 13.1. The summed E-state index contributed by atoms with van der Waals surface area (Å²) in [4.78, 5) is 27.1. The Bertz CT molecular complexity index is 1660. The van der Waals surface area contributed by atoms with E-state index >= 15 is 0 Å². The standard InChI is InChI=1S/C31H29F3N4O3/c1-18-11-19(2)13-24(12-18)38-26-15-23(31(32,33)34)9-10-25(26)28(30(38)41)20(3)35-36-29(40)22-14-27(39)37(17-22)16-21-7-5-4-6-8-21/h4-13,15,22,41H,14,16-17H2,1-3H3,(H,36,40)/b35-20+. The van der Waals surface area contributed by atoms with E-state index in [0.717, 1.165) is 28.8 Å². The van der Waals surface area contributed by atoms with Gasteiger partial charge in [-0.05, 0) is 61.7 Å². The summed E-state index contributed by atoms with van der Waals surface area (Å²) in [5, 5.41) is 15.9. The lowest BCUT2D eigenvalue weighted by molar-refractivity contribution is -0.137. The number of hydrogen-bond acceptors (Lipinski definition) is 4. The Morgan fingerprint density at radius 2 is 1.73 bits per heavy atom. The van der Waals surface area contributed by atoms with Crippen LogP contribution >= 0.6 is 0 Å². The molecule has 1 aliphatic rings. The lowest BCUT2D eigenvalue weighted by atomic mass is 10.1. The van der Waals surface area contributed by atoms with Crippen LogP contribution in [0.15, 0.2) is 71.8 Å². The molecule has 0 radical (unpaired) electrons. The highest BCUT2D eigenvalue weighted by molar-refractivity contribution is 6.13. The van der Waals surface area contributed by atoms with Gasteiger partial charge in [0.05, 0.1) is 28.3 Å². The molecule has 5 rings (SSSR count). The van der Waals surface area contributed by atoms with Crippen molar-refractivity contribution in [3.63, 3.8) is 0 Å². The average molecular weight is 563 g/mol. The number of aryl methyl sites for hydroxylation is 2. The molecule has 0 saturated carbocycles. The lowest BCUT2D eigenvalue weighted by Gasteiger charge is -2.16. The van der Waals surface area contributed by atoms with E-state index in [9.17, 15) is 27.9 Å². The highest BCUT2D eigenvalue weighted by Crippen LogP contribution is 2.39. The zero-order chi connectivity index (χ0) is 29.5. The summed E-state index contributed by atoms with van der Waals surface area (Å²) in [6, 6.07) is 18.2. The first kappa shape index (κ1) is 27.9. The molecule has 2 N–H and O–H groups in total. The molecule has 4 aromatic rings. The number of aromatic nitrogens is 1. The van der Waals surface area contributed by atoms with E-state index in [1.807, 2.05) is 50.2 Å². The molecule has 10 heteroatoms. The van der Waals surface area contributed by atoms with Crippen molar-refractivity contribution in [2.24, 2.45) is 11.0 Å². The molecule has 1 saturated heterocycles. The van der Waals surface area contributed by atoms with Crippen LogP contribution in [0.1, 0.15) is 41.2 Å². The Labute approximate surface area is 234 Å². The monoisotopic (exact) mass is 562 g/mol. The molecule has 0 aliphatic carbocycles. The first-order valence-corrected chi connectivity index (χ1v) is 13.1. The third-order valence-corrected chi connectivity index (χ3v) is 7.23. The fraction of sp³-hybridized carbons (Fsp3) is 0.258. The van der Waals surface area contributed by atoms with Gasteiger partial charge in [-0.25, -0.2) is 5.43 Å². The number of hydrazone groups is 1. The van der Waals surface area contributed by atoms with Gasteiger partial charge in [-0.3, -0.25) is 14.2 Å². The van der Waals surface area contributed by atoms with Crippen LogP contribution < -0.4 is 5.43 Å². The van der Waals surface area contributed by atoms with Gasteiger partial charge < -0.3 is 10.0 Å². The summed E-state index contributed by atoms with van der Waals surface area (Å²) in [7, 11) is 0. The highest BCUT2D eigenvalue weighted by atomic mass is 19.4. The van der Waals surface area contributed by atoms with Crippen LogP contribution in [0.3, 0.4) is 0 Å². The fourth-order valence-corrected chi connectivity index (χ4v) is 5.34. The van der Waals surface area contributed by atoms with Crippen LogP contribution in [-0.2, 0) is 22.3 Å². The van der Waals surface area contributed by atoms with Gasteiger partial charge in [0.1, 0.15) is 0 Å². The molecule has 7 nitrogen and oxygen atoms in total. The fourth-order valence-electron chi connectivity index (χ4n) is 5.34. The second-order valence-corrected chi connectivity index (χ2v) is 10.4. The number of carbonyl (C=O) groups excluding carboxylic acids is 2. The second kappa shape index (κ2) is 10.8. The number of halogens is 3. The number of fused-ring (bicyclic) bond motifs is 1. The highest BCUT2D eigenvalue weighted by Gasteiger charge is 2.35. The number of likely N-dealkylation sites (tertiary alicyclic amines) is 1. The van der Waals surface area contributed by atoms with Crippen molar-refractivity contribution in [3.8, 4) is 11.6 Å². The summed E-state index contributed by atoms with van der Waals surface area (Å²) < 4.78 is 42.2. The number of nitrogens with zero attached hydrogens (tertiary/aromatic N) is 3. The van der Waals surface area contributed by atoms with Gasteiger partial charge in [-0.1, -0.05) is 42.5 Å². The van der Waals surface area contributed by atoms with Gasteiger partial charge in [-0.15, -0.1) is 0 Å². The van der Waals surface area contributed by atoms with Gasteiger partial charge in [-0.2, -0.15) is 18.3 Å². The van der Waals surface area contributed by atoms with Crippen molar-refractivity contribution in [2.45, 2.75) is 39.9 Å². The number of aromatic hydroxyl groups is 1. The molecule has 1 atom stereocenters. The quantitative estimate of drug-likeness (QED) is 0.228. The molecule has 2 amide bonds. The Morgan fingerprint density at radius 1 is 1.05 bits per heavy atom. The van der Waals surface area contributed by atoms with Crippen LogP contribution in [0, 0.1) is 19.8 Å². The van der Waals surface area contributed by atoms with Crippen molar-refractivity contribution in [1.29, 1.82) is 0 Å². The number of carbonyl (C=O) groups is 2. The van der Waals surface area contributed by atoms with Crippen LogP contribution in [0.5, 0.6) is 5.88 Å². The average Bonchev–Trinajstić information content (AvgIpc) is 3.42. The van der Waals surface area contributed by atoms with Gasteiger partial charge in [0, 0.05) is 30.6 Å². The Kier molecular flexibility index (Phi) is 7.33. The molecule has 1 unspecified atom stereocenters. The molecule has 41 heavy (non-hydrogen) atoms. The Balaban J connectivity index is 1.45. The van der Waals surface area contributed by atoms with Crippen molar-refractivity contribution in [2.75, 3.05) is 6.54 Å². The topological polar surface area (TPSA) is 86.9 Å². The van der Waals surface area contributed by atoms with Crippen LogP contribution in [-0.4, -0.2) is 38.6 Å². The van der Waals surface area contributed by atoms with E-state index in [0.29, 0.717) is 17.6 Å². The van der Waals surface area contributed by atoms with Crippen molar-refractivity contribution in [1.82, 2.24) is 14.9 Å². The van der Waals surface area contributed by atoms with Crippen molar-refractivity contribution >= 4 is 28.4 Å². The van der Waals surface area contributed by atoms with Crippen LogP contribution in [0.2, 0.25) is 0 Å². The molecule has 0 bridgehead atoms. The predicted octanol–water partition coefficient (Wildman–Crippen LogP) is 5.86. The van der Waals surface area contributed by atoms with E-state index in [1.165, 1.54) is 10.6 Å². The van der Waals surface area contributed by atoms with E-state index in [2.05, 4.69) is 10.5 Å². The minimum atomic E-state index is -4.58. The molecule has 1 fully saturated rings. The summed E-state index contributed by atoms with van der Waals surface area (Å²) in [5.41, 5.74) is 5.39. The number of alkyl halides is 3. The zero-order valence-corrected chi connectivity index (χ0v) is 22.8. The number of nitrogens with one attached hydrogen (secondary N) is 1. The maximum Gasteiger partial charge on any atom is 0.416 e. The van der Waals surface area contributed by atoms with E-state index in [1.54, 1.807) is 24.0 Å². The molecule has 0 spiro atoms. The number of amides is 2. The molecule has 1 aliphatic heterocycles. The molecule has 212 valence electrons. The normalized spacial score (nSPS) is 16.0. The van der Waals surface area contributed by atoms with Crippen LogP contribution in [0.4, 0.5) is 13.2 Å². The molecular formula is C31H29F3N4O3. The number of benzene rings is 3. The largest absolute Gasteiger partial charge is 0.494 e. The number of rotatable bonds is 6. The lowest BCUT2D eigenvalue weighted by Crippen LogP contribution is -2.30. The molecular weight excluding hydrogens is 533 g/mol. The maximum atomic E-state index is 13.6. The third kappa shape index (κ3) is 5.68. The first-order chi connectivity index (χ1) is 19.4. The predicted molar refractivity (Wildman–Crippen MR) is 150 cm³/mol. The van der Waals surface area contributed by atoms with Crippen LogP contribution in [0.25, 0.3) is 16.6 Å². The zero-order valence-electron chi connectivity index (χ0n) is 22.8. The van der Waals surface area contributed by atoms with E-state index in [-0.39, 0.29) is 41.5 Å². The van der Waals surface area contributed by atoms with E-state index < -0.39 is 23.6 Å². The Hall–Kier alpha value is -4.60. The minimum Gasteiger partial charge on any atom is -0.494 e. The molecule has 2 heterocycles. The molecule has 1 aromatic heterocycles. The molecule has 3 aromatic carbocycles. The van der Waals surface area contributed by atoms with Crippen molar-refractivity contribution in [3.05, 3.63) is 94.5 Å². The third-order valence-electron chi connectivity index (χ3n) is 7.23. The summed E-state index contributed by atoms with van der Waals surface area (Å²) >= 11 is 0. The summed E-state index contributed by atoms with van der Waals surface area (Å²) in [5.74, 6) is -1.50. The Morgan fingerprint density at radius 3 is 2.39 bits per heavy atom. The van der Waals surface area contributed by atoms with Gasteiger partial charge in [0.2, 0.25) is 17.7 Å². The number of hydrogen-bond donors (Lipinski definition) is 2. The summed E-state index contributed by atoms with van der Waals surface area (Å²) in [6.07, 6.45) is -4.53. The second-order valence-electron chi connectivity index (χ2n) is 10.4. The van der Waals surface area contributed by atoms with Gasteiger partial charge in [0.15, 0.2) is 0 Å². The van der Waals surface area contributed by atoms with Gasteiger partial charge >= 0.3 is 6.18 Å². The van der Waals surface area contributed by atoms with Gasteiger partial charge in [0.25, 0.3) is 0 Å². The van der Waals surface area contributed by atoms with Crippen molar-refractivity contribution < 1.29 is 27.9 Å². The smallest absolute Gasteiger partial charge is 0.416 e. The SMILES string of the molecule is C/C(=N\NC(=O)C1CC(=O)N(Cc2ccccc2)C1)c1c(O)n(-c2cc(C)cc(C)c2)c2cc(C(F)(F)F)ccc12.